The molecule has 1 atom stereocenters. The van der Waals surface area contributed by atoms with Crippen LogP contribution in [-0.2, 0) is 10.0 Å². The number of nitrogens with one attached hydrogen (secondary N) is 2. The number of hydrogen-bond donors (Lipinski definition) is 2. The normalized spacial score (nSPS) is 19.5. The zero-order valence-electron chi connectivity index (χ0n) is 11.5. The molecule has 20 heavy (non-hydrogen) atoms. The van der Waals surface area contributed by atoms with Gasteiger partial charge in [0.1, 0.15) is 0 Å². The SMILES string of the molecule is Cc1ccc(C#N)cc1S(=O)(=O)NC[C@H]1CCCNC1. The van der Waals surface area contributed by atoms with Gasteiger partial charge in [-0.05, 0) is 56.5 Å². The third-order valence-electron chi connectivity index (χ3n) is 3.57. The van der Waals surface area contributed by atoms with Gasteiger partial charge < -0.3 is 5.32 Å². The lowest BCUT2D eigenvalue weighted by atomic mass is 10.0. The second-order valence-corrected chi connectivity index (χ2v) is 6.89. The number of sulfonamides is 1. The Morgan fingerprint density at radius 3 is 2.95 bits per heavy atom. The van der Waals surface area contributed by atoms with Crippen LogP contribution in [-0.4, -0.2) is 28.1 Å². The first kappa shape index (κ1) is 15.0. The molecule has 1 saturated heterocycles. The van der Waals surface area contributed by atoms with Gasteiger partial charge in [-0.1, -0.05) is 6.07 Å². The van der Waals surface area contributed by atoms with Crippen LogP contribution in [0.2, 0.25) is 0 Å². The van der Waals surface area contributed by atoms with Crippen molar-refractivity contribution in [3.05, 3.63) is 29.3 Å². The molecule has 1 aromatic carbocycles. The van der Waals surface area contributed by atoms with Crippen molar-refractivity contribution in [2.24, 2.45) is 5.92 Å². The van der Waals surface area contributed by atoms with Crippen molar-refractivity contribution in [2.45, 2.75) is 24.7 Å². The van der Waals surface area contributed by atoms with Crippen LogP contribution in [0.1, 0.15) is 24.0 Å². The third-order valence-corrected chi connectivity index (χ3v) is 5.13. The highest BCUT2D eigenvalue weighted by molar-refractivity contribution is 7.89. The molecule has 2 rings (SSSR count). The quantitative estimate of drug-likeness (QED) is 0.872. The molecule has 1 heterocycles. The minimum atomic E-state index is -3.55. The summed E-state index contributed by atoms with van der Waals surface area (Å²) < 4.78 is 27.3. The van der Waals surface area contributed by atoms with Gasteiger partial charge in [0.25, 0.3) is 0 Å². The summed E-state index contributed by atoms with van der Waals surface area (Å²) in [6, 6.07) is 6.68. The number of piperidine rings is 1. The molecule has 0 amide bonds. The number of nitriles is 1. The molecule has 0 radical (unpaired) electrons. The maximum absolute atomic E-state index is 12.3. The molecule has 1 aliphatic rings. The summed E-state index contributed by atoms with van der Waals surface area (Å²) in [5.74, 6) is 0.331. The molecular formula is C14H19N3O2S. The second-order valence-electron chi connectivity index (χ2n) is 5.16. The van der Waals surface area contributed by atoms with Crippen LogP contribution in [0, 0.1) is 24.2 Å². The van der Waals surface area contributed by atoms with Crippen LogP contribution in [0.15, 0.2) is 23.1 Å². The molecule has 0 bridgehead atoms. The van der Waals surface area contributed by atoms with Crippen LogP contribution in [0.25, 0.3) is 0 Å². The van der Waals surface area contributed by atoms with E-state index in [0.717, 1.165) is 25.9 Å². The van der Waals surface area contributed by atoms with E-state index < -0.39 is 10.0 Å². The monoisotopic (exact) mass is 293 g/mol. The highest BCUT2D eigenvalue weighted by atomic mass is 32.2. The lowest BCUT2D eigenvalue weighted by Crippen LogP contribution is -2.38. The minimum absolute atomic E-state index is 0.195. The highest BCUT2D eigenvalue weighted by Gasteiger charge is 2.20. The van der Waals surface area contributed by atoms with E-state index in [4.69, 9.17) is 5.26 Å². The fourth-order valence-electron chi connectivity index (χ4n) is 2.36. The number of aryl methyl sites for hydroxylation is 1. The van der Waals surface area contributed by atoms with Crippen molar-refractivity contribution in [1.29, 1.82) is 5.26 Å². The molecule has 0 aliphatic carbocycles. The molecule has 108 valence electrons. The molecule has 2 N–H and O–H groups in total. The topological polar surface area (TPSA) is 82.0 Å². The molecule has 6 heteroatoms. The largest absolute Gasteiger partial charge is 0.316 e. The Kier molecular flexibility index (Phi) is 4.76. The molecule has 5 nitrogen and oxygen atoms in total. The molecule has 0 spiro atoms. The van der Waals surface area contributed by atoms with E-state index in [2.05, 4.69) is 10.0 Å². The zero-order valence-corrected chi connectivity index (χ0v) is 12.3. The van der Waals surface area contributed by atoms with E-state index in [1.165, 1.54) is 6.07 Å². The number of nitrogens with zero attached hydrogens (tertiary/aromatic N) is 1. The van der Waals surface area contributed by atoms with Crippen molar-refractivity contribution >= 4 is 10.0 Å². The lowest BCUT2D eigenvalue weighted by molar-refractivity contribution is 0.376. The highest BCUT2D eigenvalue weighted by Crippen LogP contribution is 2.17. The van der Waals surface area contributed by atoms with E-state index in [-0.39, 0.29) is 4.90 Å². The smallest absolute Gasteiger partial charge is 0.240 e. The van der Waals surface area contributed by atoms with Crippen molar-refractivity contribution in [1.82, 2.24) is 10.0 Å². The Morgan fingerprint density at radius 1 is 1.50 bits per heavy atom. The molecule has 0 saturated carbocycles. The van der Waals surface area contributed by atoms with E-state index in [1.807, 2.05) is 6.07 Å². The summed E-state index contributed by atoms with van der Waals surface area (Å²) in [5, 5.41) is 12.1. The van der Waals surface area contributed by atoms with Crippen molar-refractivity contribution < 1.29 is 8.42 Å². The first-order valence-corrected chi connectivity index (χ1v) is 8.22. The molecule has 1 aromatic rings. The summed E-state index contributed by atoms with van der Waals surface area (Å²) in [6.07, 6.45) is 2.11. The average molecular weight is 293 g/mol. The fourth-order valence-corrected chi connectivity index (χ4v) is 3.75. The van der Waals surface area contributed by atoms with Crippen molar-refractivity contribution in [3.8, 4) is 6.07 Å². The van der Waals surface area contributed by atoms with Crippen molar-refractivity contribution in [2.75, 3.05) is 19.6 Å². The van der Waals surface area contributed by atoms with Crippen LogP contribution >= 0.6 is 0 Å². The number of benzene rings is 1. The van der Waals surface area contributed by atoms with Gasteiger partial charge >= 0.3 is 0 Å². The predicted molar refractivity (Wildman–Crippen MR) is 76.7 cm³/mol. The first-order chi connectivity index (χ1) is 9.53. The third kappa shape index (κ3) is 3.57. The predicted octanol–water partition coefficient (Wildman–Crippen LogP) is 1.14. The maximum atomic E-state index is 12.3. The fraction of sp³-hybridized carbons (Fsp3) is 0.500. The number of rotatable bonds is 4. The summed E-state index contributed by atoms with van der Waals surface area (Å²) in [4.78, 5) is 0.195. The van der Waals surface area contributed by atoms with Gasteiger partial charge in [0.05, 0.1) is 16.5 Å². The summed E-state index contributed by atoms with van der Waals surface area (Å²) >= 11 is 0. The Labute approximate surface area is 120 Å². The Morgan fingerprint density at radius 2 is 2.30 bits per heavy atom. The Balaban J connectivity index is 2.11. The molecule has 1 fully saturated rings. The maximum Gasteiger partial charge on any atom is 0.240 e. The van der Waals surface area contributed by atoms with Crippen LogP contribution < -0.4 is 10.0 Å². The van der Waals surface area contributed by atoms with Gasteiger partial charge in [-0.2, -0.15) is 5.26 Å². The standard InChI is InChI=1S/C14H19N3O2S/c1-11-4-5-12(8-15)7-14(11)20(18,19)17-10-13-3-2-6-16-9-13/h4-5,7,13,16-17H,2-3,6,9-10H2,1H3/t13-/m0/s1. The van der Waals surface area contributed by atoms with Crippen molar-refractivity contribution in [3.63, 3.8) is 0 Å². The van der Waals surface area contributed by atoms with Gasteiger partial charge in [0.2, 0.25) is 10.0 Å². The van der Waals surface area contributed by atoms with Gasteiger partial charge in [-0.15, -0.1) is 0 Å². The minimum Gasteiger partial charge on any atom is -0.316 e. The first-order valence-electron chi connectivity index (χ1n) is 6.74. The summed E-state index contributed by atoms with van der Waals surface area (Å²) in [7, 11) is -3.55. The second kappa shape index (κ2) is 6.35. The molecule has 0 aromatic heterocycles. The van der Waals surface area contributed by atoms with Crippen LogP contribution in [0.3, 0.4) is 0 Å². The van der Waals surface area contributed by atoms with Crippen LogP contribution in [0.5, 0.6) is 0 Å². The Bertz CT molecular complexity index is 614. The Hall–Kier alpha value is -1.42. The van der Waals surface area contributed by atoms with E-state index in [0.29, 0.717) is 23.6 Å². The molecule has 0 unspecified atom stereocenters. The average Bonchev–Trinajstić information content (AvgIpc) is 2.47. The van der Waals surface area contributed by atoms with Gasteiger partial charge in [-0.25, -0.2) is 13.1 Å². The summed E-state index contributed by atoms with van der Waals surface area (Å²) in [5.41, 5.74) is 1.01. The van der Waals surface area contributed by atoms with E-state index >= 15 is 0 Å². The van der Waals surface area contributed by atoms with E-state index in [9.17, 15) is 8.42 Å². The molecular weight excluding hydrogens is 274 g/mol. The van der Waals surface area contributed by atoms with E-state index in [1.54, 1.807) is 19.1 Å². The van der Waals surface area contributed by atoms with Gasteiger partial charge in [-0.3, -0.25) is 0 Å². The van der Waals surface area contributed by atoms with Gasteiger partial charge in [0, 0.05) is 6.54 Å². The van der Waals surface area contributed by atoms with Crippen LogP contribution in [0.4, 0.5) is 0 Å². The van der Waals surface area contributed by atoms with Gasteiger partial charge in [0.15, 0.2) is 0 Å². The zero-order chi connectivity index (χ0) is 14.6. The number of hydrogen-bond acceptors (Lipinski definition) is 4. The molecule has 1 aliphatic heterocycles. The summed E-state index contributed by atoms with van der Waals surface area (Å²) in [6.45, 7) is 4.02. The lowest BCUT2D eigenvalue weighted by Gasteiger charge is -2.23.